The third-order valence-electron chi connectivity index (χ3n) is 2.87. The minimum Gasteiger partial charge on any atom is -0.384 e. The Balaban J connectivity index is 2.09. The average Bonchev–Trinajstić information content (AvgIpc) is 2.38. The van der Waals surface area contributed by atoms with Gasteiger partial charge in [0.05, 0.1) is 0 Å². The van der Waals surface area contributed by atoms with Crippen molar-refractivity contribution in [2.75, 3.05) is 24.6 Å². The Morgan fingerprint density at radius 2 is 2.47 bits per heavy atom. The van der Waals surface area contributed by atoms with E-state index in [1.54, 1.807) is 18.2 Å². The minimum absolute atomic E-state index is 0.00366. The summed E-state index contributed by atoms with van der Waals surface area (Å²) in [5.74, 6) is 1.40. The molecule has 1 aromatic rings. The van der Waals surface area contributed by atoms with Gasteiger partial charge >= 0.3 is 0 Å². The summed E-state index contributed by atoms with van der Waals surface area (Å²) >= 11 is 1.94. The van der Waals surface area contributed by atoms with Crippen LogP contribution in [0.3, 0.4) is 0 Å². The molecule has 0 aromatic carbocycles. The molecule has 2 rings (SSSR count). The second kappa shape index (κ2) is 5.40. The molecule has 1 amide bonds. The highest BCUT2D eigenvalue weighted by Crippen LogP contribution is 2.22. The van der Waals surface area contributed by atoms with Gasteiger partial charge in [-0.25, -0.2) is 4.98 Å². The van der Waals surface area contributed by atoms with E-state index in [1.165, 1.54) is 0 Å². The maximum atomic E-state index is 12.2. The normalized spacial score (nSPS) is 20.3. The van der Waals surface area contributed by atoms with Gasteiger partial charge in [0.25, 0.3) is 5.91 Å². The molecular weight excluding hydrogens is 234 g/mol. The molecule has 0 radical (unpaired) electrons. The standard InChI is InChI=1S/C12H17N3OS/c1-2-9-8-15(6-7-17-9)12(16)10-4-3-5-11(13)14-10/h3-5,9H,2,6-8H2,1H3,(H2,13,14). The van der Waals surface area contributed by atoms with Crippen molar-refractivity contribution in [1.29, 1.82) is 0 Å². The van der Waals surface area contributed by atoms with Gasteiger partial charge in [-0.1, -0.05) is 13.0 Å². The third-order valence-corrected chi connectivity index (χ3v) is 4.24. The van der Waals surface area contributed by atoms with E-state index in [0.29, 0.717) is 16.8 Å². The Labute approximate surface area is 106 Å². The van der Waals surface area contributed by atoms with Gasteiger partial charge in [-0.2, -0.15) is 11.8 Å². The first kappa shape index (κ1) is 12.2. The SMILES string of the molecule is CCC1CN(C(=O)c2cccc(N)n2)CCS1. The largest absolute Gasteiger partial charge is 0.384 e. The van der Waals surface area contributed by atoms with Crippen molar-refractivity contribution in [3.05, 3.63) is 23.9 Å². The molecule has 1 fully saturated rings. The van der Waals surface area contributed by atoms with E-state index in [2.05, 4.69) is 11.9 Å². The molecule has 1 unspecified atom stereocenters. The van der Waals surface area contributed by atoms with Crippen molar-refractivity contribution in [1.82, 2.24) is 9.88 Å². The van der Waals surface area contributed by atoms with Crippen molar-refractivity contribution < 1.29 is 4.79 Å². The molecular formula is C12H17N3OS. The highest BCUT2D eigenvalue weighted by atomic mass is 32.2. The summed E-state index contributed by atoms with van der Waals surface area (Å²) in [6, 6.07) is 5.19. The lowest BCUT2D eigenvalue weighted by atomic mass is 10.2. The van der Waals surface area contributed by atoms with Crippen molar-refractivity contribution in [3.63, 3.8) is 0 Å². The molecule has 1 aromatic heterocycles. The lowest BCUT2D eigenvalue weighted by Gasteiger charge is -2.31. The molecule has 0 saturated carbocycles. The third kappa shape index (κ3) is 2.91. The zero-order chi connectivity index (χ0) is 12.3. The van der Waals surface area contributed by atoms with E-state index in [1.807, 2.05) is 16.7 Å². The Morgan fingerprint density at radius 3 is 3.18 bits per heavy atom. The van der Waals surface area contributed by atoms with Crippen LogP contribution in [0.5, 0.6) is 0 Å². The van der Waals surface area contributed by atoms with Gasteiger partial charge in [0.2, 0.25) is 0 Å². The summed E-state index contributed by atoms with van der Waals surface area (Å²) in [5, 5.41) is 0.550. The molecule has 1 aliphatic rings. The summed E-state index contributed by atoms with van der Waals surface area (Å²) in [7, 11) is 0. The second-order valence-corrected chi connectivity index (χ2v) is 5.51. The molecule has 1 atom stereocenters. The van der Waals surface area contributed by atoms with E-state index in [0.717, 1.165) is 25.3 Å². The Bertz CT molecular complexity index is 410. The number of pyridine rings is 1. The summed E-state index contributed by atoms with van der Waals surface area (Å²) in [6.45, 7) is 3.78. The number of nitrogen functional groups attached to an aromatic ring is 1. The van der Waals surface area contributed by atoms with Crippen LogP contribution in [0.2, 0.25) is 0 Å². The highest BCUT2D eigenvalue weighted by Gasteiger charge is 2.24. The minimum atomic E-state index is -0.00366. The smallest absolute Gasteiger partial charge is 0.272 e. The van der Waals surface area contributed by atoms with Crippen LogP contribution in [0.4, 0.5) is 5.82 Å². The van der Waals surface area contributed by atoms with Crippen molar-refractivity contribution in [3.8, 4) is 0 Å². The van der Waals surface area contributed by atoms with E-state index >= 15 is 0 Å². The first-order valence-corrected chi connectivity index (χ1v) is 6.89. The Morgan fingerprint density at radius 1 is 1.65 bits per heavy atom. The number of hydrogen-bond acceptors (Lipinski definition) is 4. The van der Waals surface area contributed by atoms with Crippen molar-refractivity contribution in [2.45, 2.75) is 18.6 Å². The van der Waals surface area contributed by atoms with Gasteiger partial charge < -0.3 is 10.6 Å². The lowest BCUT2D eigenvalue weighted by molar-refractivity contribution is 0.0755. The van der Waals surface area contributed by atoms with Crippen LogP contribution in [0.15, 0.2) is 18.2 Å². The predicted octanol–water partition coefficient (Wildman–Crippen LogP) is 1.63. The molecule has 0 bridgehead atoms. The molecule has 2 heterocycles. The molecule has 4 nitrogen and oxygen atoms in total. The number of amides is 1. The summed E-state index contributed by atoms with van der Waals surface area (Å²) in [4.78, 5) is 18.2. The van der Waals surface area contributed by atoms with Gasteiger partial charge in [-0.15, -0.1) is 0 Å². The number of aromatic nitrogens is 1. The van der Waals surface area contributed by atoms with Crippen LogP contribution in [0.25, 0.3) is 0 Å². The first-order valence-electron chi connectivity index (χ1n) is 5.84. The fourth-order valence-corrected chi connectivity index (χ4v) is 3.06. The topological polar surface area (TPSA) is 59.2 Å². The maximum Gasteiger partial charge on any atom is 0.272 e. The average molecular weight is 251 g/mol. The number of rotatable bonds is 2. The van der Waals surface area contributed by atoms with Crippen LogP contribution in [0.1, 0.15) is 23.8 Å². The summed E-state index contributed by atoms with van der Waals surface area (Å²) in [6.07, 6.45) is 1.10. The van der Waals surface area contributed by atoms with Crippen LogP contribution < -0.4 is 5.73 Å². The van der Waals surface area contributed by atoms with Crippen molar-refractivity contribution >= 4 is 23.5 Å². The second-order valence-electron chi connectivity index (χ2n) is 4.10. The molecule has 5 heteroatoms. The fraction of sp³-hybridized carbons (Fsp3) is 0.500. The number of anilines is 1. The van der Waals surface area contributed by atoms with Gasteiger partial charge in [0.15, 0.2) is 0 Å². The molecule has 17 heavy (non-hydrogen) atoms. The maximum absolute atomic E-state index is 12.2. The monoisotopic (exact) mass is 251 g/mol. The zero-order valence-corrected chi connectivity index (χ0v) is 10.7. The van der Waals surface area contributed by atoms with Gasteiger partial charge in [0, 0.05) is 24.1 Å². The number of hydrogen-bond donors (Lipinski definition) is 1. The van der Waals surface area contributed by atoms with Crippen LogP contribution >= 0.6 is 11.8 Å². The predicted molar refractivity (Wildman–Crippen MR) is 71.1 cm³/mol. The molecule has 1 aliphatic heterocycles. The number of nitrogens with two attached hydrogens (primary N) is 1. The highest BCUT2D eigenvalue weighted by molar-refractivity contribution is 8.00. The van der Waals surface area contributed by atoms with Gasteiger partial charge in [0.1, 0.15) is 11.5 Å². The van der Waals surface area contributed by atoms with E-state index in [-0.39, 0.29) is 5.91 Å². The summed E-state index contributed by atoms with van der Waals surface area (Å²) in [5.41, 5.74) is 6.04. The van der Waals surface area contributed by atoms with Gasteiger partial charge in [-0.05, 0) is 18.6 Å². The van der Waals surface area contributed by atoms with Gasteiger partial charge in [-0.3, -0.25) is 4.79 Å². The van der Waals surface area contributed by atoms with E-state index < -0.39 is 0 Å². The Kier molecular flexibility index (Phi) is 3.89. The molecule has 2 N–H and O–H groups in total. The van der Waals surface area contributed by atoms with Crippen LogP contribution in [-0.2, 0) is 0 Å². The number of carbonyl (C=O) groups is 1. The van der Waals surface area contributed by atoms with Crippen LogP contribution in [0, 0.1) is 0 Å². The summed E-state index contributed by atoms with van der Waals surface area (Å²) < 4.78 is 0. The number of carbonyl (C=O) groups excluding carboxylic acids is 1. The molecule has 1 saturated heterocycles. The quantitative estimate of drug-likeness (QED) is 0.868. The van der Waals surface area contributed by atoms with E-state index in [4.69, 9.17) is 5.73 Å². The molecule has 0 spiro atoms. The van der Waals surface area contributed by atoms with Crippen molar-refractivity contribution in [2.24, 2.45) is 0 Å². The van der Waals surface area contributed by atoms with Crippen LogP contribution in [-0.4, -0.2) is 39.9 Å². The lowest BCUT2D eigenvalue weighted by Crippen LogP contribution is -2.42. The fourth-order valence-electron chi connectivity index (χ4n) is 1.88. The zero-order valence-electron chi connectivity index (χ0n) is 9.93. The number of nitrogens with zero attached hydrogens (tertiary/aromatic N) is 2. The Hall–Kier alpha value is -1.23. The number of thioether (sulfide) groups is 1. The molecule has 92 valence electrons. The molecule has 0 aliphatic carbocycles. The first-order chi connectivity index (χ1) is 8.20. The van der Waals surface area contributed by atoms with E-state index in [9.17, 15) is 4.79 Å².